The Morgan fingerprint density at radius 2 is 1.65 bits per heavy atom. The maximum absolute atomic E-state index is 13.3. The average molecular weight is 477 g/mol. The highest BCUT2D eigenvalue weighted by molar-refractivity contribution is 7.89. The van der Waals surface area contributed by atoms with Crippen molar-refractivity contribution < 1.29 is 13.2 Å². The van der Waals surface area contributed by atoms with Crippen molar-refractivity contribution in [3.8, 4) is 0 Å². The number of hydrogen-bond donors (Lipinski definition) is 3. The highest BCUT2D eigenvalue weighted by Gasteiger charge is 2.37. The van der Waals surface area contributed by atoms with Gasteiger partial charge < -0.3 is 5.73 Å². The van der Waals surface area contributed by atoms with Crippen molar-refractivity contribution in [2.45, 2.75) is 37.5 Å². The highest BCUT2D eigenvalue weighted by Crippen LogP contribution is 2.34. The number of amides is 1. The molecule has 176 valence electrons. The number of primary sulfonamides is 1. The predicted molar refractivity (Wildman–Crippen MR) is 134 cm³/mol. The number of aryl methyl sites for hydroxylation is 2. The number of nitrogens with zero attached hydrogens (tertiary/aromatic N) is 1. The van der Waals surface area contributed by atoms with Crippen molar-refractivity contribution >= 4 is 27.5 Å². The topological polar surface area (TPSA) is 130 Å². The SMILES string of the molecule is N=C(N)c1ccc(CCC(=O)N2c3ccc(Cc4ccccc4)cc3CCC2S(N)(=O)=O)cc1. The van der Waals surface area contributed by atoms with Crippen LogP contribution in [0.4, 0.5) is 5.69 Å². The molecule has 3 aromatic rings. The van der Waals surface area contributed by atoms with Crippen LogP contribution in [0.5, 0.6) is 0 Å². The third-order valence-electron chi connectivity index (χ3n) is 6.14. The van der Waals surface area contributed by atoms with Gasteiger partial charge in [0.05, 0.1) is 0 Å². The van der Waals surface area contributed by atoms with E-state index in [4.69, 9.17) is 16.3 Å². The monoisotopic (exact) mass is 476 g/mol. The van der Waals surface area contributed by atoms with Crippen molar-refractivity contribution in [3.63, 3.8) is 0 Å². The van der Waals surface area contributed by atoms with Crippen LogP contribution in [0.1, 0.15) is 40.7 Å². The number of amidine groups is 1. The summed E-state index contributed by atoms with van der Waals surface area (Å²) in [5.41, 5.74) is 10.9. The van der Waals surface area contributed by atoms with Gasteiger partial charge in [-0.15, -0.1) is 0 Å². The van der Waals surface area contributed by atoms with Gasteiger partial charge >= 0.3 is 0 Å². The number of sulfonamides is 1. The van der Waals surface area contributed by atoms with Gasteiger partial charge in [-0.2, -0.15) is 0 Å². The van der Waals surface area contributed by atoms with E-state index in [1.165, 1.54) is 10.5 Å². The van der Waals surface area contributed by atoms with Gasteiger partial charge in [0, 0.05) is 17.7 Å². The zero-order chi connectivity index (χ0) is 24.3. The summed E-state index contributed by atoms with van der Waals surface area (Å²) in [6.07, 6.45) is 2.13. The minimum atomic E-state index is -3.95. The minimum Gasteiger partial charge on any atom is -0.384 e. The molecule has 5 N–H and O–H groups in total. The summed E-state index contributed by atoms with van der Waals surface area (Å²) in [7, 11) is -3.95. The number of carbonyl (C=O) groups excluding carboxylic acids is 1. The van der Waals surface area contributed by atoms with E-state index in [0.29, 0.717) is 24.1 Å². The van der Waals surface area contributed by atoms with Gasteiger partial charge in [0.15, 0.2) is 5.37 Å². The fourth-order valence-corrected chi connectivity index (χ4v) is 5.38. The second kappa shape index (κ2) is 9.79. The normalized spacial score (nSPS) is 15.6. The maximum atomic E-state index is 13.3. The quantitative estimate of drug-likeness (QED) is 0.357. The Kier molecular flexibility index (Phi) is 6.81. The first-order chi connectivity index (χ1) is 16.2. The van der Waals surface area contributed by atoms with E-state index in [0.717, 1.165) is 23.1 Å². The number of nitrogens with one attached hydrogen (secondary N) is 1. The van der Waals surface area contributed by atoms with Crippen LogP contribution in [-0.4, -0.2) is 25.5 Å². The van der Waals surface area contributed by atoms with E-state index in [2.05, 4.69) is 18.2 Å². The average Bonchev–Trinajstić information content (AvgIpc) is 2.82. The van der Waals surface area contributed by atoms with Crippen molar-refractivity contribution in [2.75, 3.05) is 4.90 Å². The molecule has 3 aromatic carbocycles. The third-order valence-corrected chi connectivity index (χ3v) is 7.35. The predicted octanol–water partition coefficient (Wildman–Crippen LogP) is 3.09. The summed E-state index contributed by atoms with van der Waals surface area (Å²) in [6.45, 7) is 0. The molecule has 0 fully saturated rings. The van der Waals surface area contributed by atoms with E-state index >= 15 is 0 Å². The van der Waals surface area contributed by atoms with Gasteiger partial charge in [-0.1, -0.05) is 66.7 Å². The number of rotatable bonds is 7. The van der Waals surface area contributed by atoms with Crippen LogP contribution < -0.4 is 15.8 Å². The molecular formula is C26H28N4O3S. The Hall–Kier alpha value is -3.49. The molecule has 34 heavy (non-hydrogen) atoms. The lowest BCUT2D eigenvalue weighted by Gasteiger charge is -2.36. The second-order valence-corrected chi connectivity index (χ2v) is 10.3. The molecule has 0 aliphatic carbocycles. The molecule has 4 rings (SSSR count). The van der Waals surface area contributed by atoms with Crippen molar-refractivity contribution in [3.05, 3.63) is 101 Å². The van der Waals surface area contributed by atoms with Crippen LogP contribution in [-0.2, 0) is 34.1 Å². The maximum Gasteiger partial charge on any atom is 0.230 e. The Labute approximate surface area is 200 Å². The molecule has 0 saturated carbocycles. The molecule has 1 unspecified atom stereocenters. The van der Waals surface area contributed by atoms with Crippen LogP contribution in [0, 0.1) is 5.41 Å². The van der Waals surface area contributed by atoms with Crippen LogP contribution in [0.15, 0.2) is 72.8 Å². The summed E-state index contributed by atoms with van der Waals surface area (Å²) >= 11 is 0. The molecular weight excluding hydrogens is 448 g/mol. The first kappa shape index (κ1) is 23.7. The number of benzene rings is 3. The van der Waals surface area contributed by atoms with Gasteiger partial charge in [-0.05, 0) is 54.0 Å². The Balaban J connectivity index is 1.57. The van der Waals surface area contributed by atoms with Gasteiger partial charge in [0.2, 0.25) is 15.9 Å². The van der Waals surface area contributed by atoms with E-state index < -0.39 is 15.4 Å². The molecule has 1 aliphatic heterocycles. The molecule has 0 bridgehead atoms. The lowest BCUT2D eigenvalue weighted by Crippen LogP contribution is -2.50. The Morgan fingerprint density at radius 1 is 0.971 bits per heavy atom. The van der Waals surface area contributed by atoms with E-state index in [1.807, 2.05) is 42.5 Å². The molecule has 1 atom stereocenters. The van der Waals surface area contributed by atoms with Crippen molar-refractivity contribution in [1.29, 1.82) is 5.41 Å². The molecule has 1 heterocycles. The molecule has 0 radical (unpaired) electrons. The molecule has 0 saturated heterocycles. The fraction of sp³-hybridized carbons (Fsp3) is 0.231. The van der Waals surface area contributed by atoms with Crippen LogP contribution in [0.25, 0.3) is 0 Å². The van der Waals surface area contributed by atoms with Gasteiger partial charge in [0.25, 0.3) is 0 Å². The Bertz CT molecular complexity index is 1310. The lowest BCUT2D eigenvalue weighted by atomic mass is 9.95. The van der Waals surface area contributed by atoms with Crippen LogP contribution >= 0.6 is 0 Å². The van der Waals surface area contributed by atoms with Crippen LogP contribution in [0.3, 0.4) is 0 Å². The van der Waals surface area contributed by atoms with Crippen molar-refractivity contribution in [2.24, 2.45) is 10.9 Å². The van der Waals surface area contributed by atoms with Gasteiger partial charge in [-0.3, -0.25) is 15.1 Å². The van der Waals surface area contributed by atoms with E-state index in [1.54, 1.807) is 12.1 Å². The van der Waals surface area contributed by atoms with Gasteiger partial charge in [0.1, 0.15) is 5.84 Å². The van der Waals surface area contributed by atoms with Crippen molar-refractivity contribution in [1.82, 2.24) is 0 Å². The zero-order valence-electron chi connectivity index (χ0n) is 18.8. The summed E-state index contributed by atoms with van der Waals surface area (Å²) in [5, 5.41) is 11.9. The number of nitrogens with two attached hydrogens (primary N) is 2. The molecule has 8 heteroatoms. The third kappa shape index (κ3) is 5.35. The zero-order valence-corrected chi connectivity index (χ0v) is 19.6. The Morgan fingerprint density at radius 3 is 2.29 bits per heavy atom. The smallest absolute Gasteiger partial charge is 0.230 e. The largest absolute Gasteiger partial charge is 0.384 e. The standard InChI is InChI=1S/C26H28N4O3S/c27-26(28)21-10-6-18(7-11-21)9-14-24(31)30-23-13-8-20(16-19-4-2-1-3-5-19)17-22(23)12-15-25(30)34(29,32)33/h1-8,10-11,13,17,25H,9,12,14-16H2,(H3,27,28)(H2,29,32,33). The first-order valence-corrected chi connectivity index (χ1v) is 12.8. The molecule has 0 aromatic heterocycles. The van der Waals surface area contributed by atoms with E-state index in [9.17, 15) is 13.2 Å². The molecule has 0 spiro atoms. The number of hydrogen-bond acceptors (Lipinski definition) is 4. The summed E-state index contributed by atoms with van der Waals surface area (Å²) in [5.74, 6) is -0.304. The highest BCUT2D eigenvalue weighted by atomic mass is 32.2. The fourth-order valence-electron chi connectivity index (χ4n) is 4.41. The summed E-state index contributed by atoms with van der Waals surface area (Å²) in [4.78, 5) is 14.7. The number of carbonyl (C=O) groups is 1. The molecule has 1 amide bonds. The number of fused-ring (bicyclic) bond motifs is 1. The number of nitrogen functional groups attached to an aromatic ring is 1. The summed E-state index contributed by atoms with van der Waals surface area (Å²) in [6, 6.07) is 23.1. The second-order valence-electron chi connectivity index (χ2n) is 8.58. The first-order valence-electron chi connectivity index (χ1n) is 11.1. The molecule has 7 nitrogen and oxygen atoms in total. The van der Waals surface area contributed by atoms with Gasteiger partial charge in [-0.25, -0.2) is 13.6 Å². The van der Waals surface area contributed by atoms with Crippen LogP contribution in [0.2, 0.25) is 0 Å². The lowest BCUT2D eigenvalue weighted by molar-refractivity contribution is -0.118. The minimum absolute atomic E-state index is 0.0184. The number of anilines is 1. The van der Waals surface area contributed by atoms with E-state index in [-0.39, 0.29) is 24.6 Å². The molecule has 1 aliphatic rings. The summed E-state index contributed by atoms with van der Waals surface area (Å²) < 4.78 is 24.7.